The molecule has 0 aliphatic carbocycles. The number of ether oxygens (including phenoxy) is 3. The summed E-state index contributed by atoms with van der Waals surface area (Å²) in [6.45, 7) is 8.48. The van der Waals surface area contributed by atoms with Crippen LogP contribution in [-0.2, 0) is 21.8 Å². The van der Waals surface area contributed by atoms with Gasteiger partial charge in [-0.1, -0.05) is 36.2 Å². The number of benzene rings is 3. The smallest absolute Gasteiger partial charge is 0.350 e. The first-order valence-corrected chi connectivity index (χ1v) is 18.5. The van der Waals surface area contributed by atoms with Crippen molar-refractivity contribution in [3.63, 3.8) is 0 Å². The summed E-state index contributed by atoms with van der Waals surface area (Å²) in [7, 11) is 0. The van der Waals surface area contributed by atoms with Crippen LogP contribution in [0, 0.1) is 0 Å². The lowest BCUT2D eigenvalue weighted by molar-refractivity contribution is -0.190. The molecule has 282 valence electrons. The zero-order chi connectivity index (χ0) is 37.5. The maximum atomic E-state index is 12.8. The predicted octanol–water partition coefficient (Wildman–Crippen LogP) is 5.38. The van der Waals surface area contributed by atoms with Gasteiger partial charge in [-0.15, -0.1) is 0 Å². The van der Waals surface area contributed by atoms with Crippen molar-refractivity contribution in [2.45, 2.75) is 44.7 Å². The number of piperazine rings is 1. The molecule has 1 unspecified atom stereocenters. The van der Waals surface area contributed by atoms with E-state index in [0.29, 0.717) is 28.8 Å². The standard InChI is InChI=1S/C35H38Cl2N8O4.C2H3N3/c1-3-25(2)45-34(46)44(24-40-45)29-7-5-27(6-8-29)41-14-16-42(17-15-41)28-9-11-30(12-10-28)47-19-31-20-48-35(49-31,21-43-23-38-22-39-43)32-13-4-26(36)18-33(32)37;1-3-2-5-4-1/h4-13,18,22-25,31H,3,14-17,19-21H2,1-2H3;1-2H,(H,3,4,5)/t25?,31-,35-;/m0./s1. The van der Waals surface area contributed by atoms with Gasteiger partial charge in [-0.3, -0.25) is 5.10 Å². The first-order chi connectivity index (χ1) is 26.3. The molecule has 0 amide bonds. The number of aromatic nitrogens is 9. The van der Waals surface area contributed by atoms with Crippen molar-refractivity contribution in [2.75, 3.05) is 49.2 Å². The van der Waals surface area contributed by atoms with E-state index in [4.69, 9.17) is 37.4 Å². The Bertz CT molecular complexity index is 2100. The topological polar surface area (TPSA) is 146 Å². The Hall–Kier alpha value is -5.22. The number of halogens is 2. The molecular formula is C37H41Cl2N11O4. The van der Waals surface area contributed by atoms with Crippen LogP contribution in [0.3, 0.4) is 0 Å². The fourth-order valence-corrected chi connectivity index (χ4v) is 6.96. The monoisotopic (exact) mass is 773 g/mol. The van der Waals surface area contributed by atoms with E-state index in [1.807, 2.05) is 44.2 Å². The van der Waals surface area contributed by atoms with Gasteiger partial charge in [-0.25, -0.2) is 28.7 Å². The highest BCUT2D eigenvalue weighted by Crippen LogP contribution is 2.40. The van der Waals surface area contributed by atoms with Gasteiger partial charge in [-0.05, 0) is 74.0 Å². The predicted molar refractivity (Wildman–Crippen MR) is 205 cm³/mol. The molecule has 17 heteroatoms. The van der Waals surface area contributed by atoms with Gasteiger partial charge in [0, 0.05) is 48.1 Å². The number of nitrogens with one attached hydrogen (secondary N) is 1. The molecule has 1 N–H and O–H groups in total. The van der Waals surface area contributed by atoms with Crippen molar-refractivity contribution >= 4 is 34.6 Å². The van der Waals surface area contributed by atoms with E-state index >= 15 is 0 Å². The number of anilines is 2. The molecule has 3 aromatic carbocycles. The molecule has 5 heterocycles. The van der Waals surface area contributed by atoms with Gasteiger partial charge in [0.15, 0.2) is 0 Å². The molecule has 0 radical (unpaired) electrons. The van der Waals surface area contributed by atoms with Crippen LogP contribution in [-0.4, -0.2) is 89.8 Å². The van der Waals surface area contributed by atoms with Crippen molar-refractivity contribution in [1.29, 1.82) is 0 Å². The largest absolute Gasteiger partial charge is 0.491 e. The minimum atomic E-state index is -1.16. The summed E-state index contributed by atoms with van der Waals surface area (Å²) in [5.74, 6) is -0.410. The second kappa shape index (κ2) is 16.8. The van der Waals surface area contributed by atoms with Crippen LogP contribution in [0.2, 0.25) is 10.0 Å². The molecule has 0 bridgehead atoms. The average Bonchev–Trinajstić information content (AvgIpc) is 4.05. The van der Waals surface area contributed by atoms with Crippen LogP contribution in [0.15, 0.2) is 103 Å². The van der Waals surface area contributed by atoms with Crippen molar-refractivity contribution in [3.05, 3.63) is 124 Å². The third-order valence-corrected chi connectivity index (χ3v) is 10.0. The number of nitrogens with zero attached hydrogens (tertiary/aromatic N) is 10. The zero-order valence-corrected chi connectivity index (χ0v) is 31.4. The summed E-state index contributed by atoms with van der Waals surface area (Å²) in [5, 5.41) is 15.5. The quantitative estimate of drug-likeness (QED) is 0.181. The highest BCUT2D eigenvalue weighted by molar-refractivity contribution is 6.35. The molecule has 2 aliphatic rings. The van der Waals surface area contributed by atoms with Crippen molar-refractivity contribution < 1.29 is 14.2 Å². The van der Waals surface area contributed by atoms with E-state index < -0.39 is 5.79 Å². The van der Waals surface area contributed by atoms with Gasteiger partial charge < -0.3 is 24.0 Å². The summed E-state index contributed by atoms with van der Waals surface area (Å²) in [6.07, 6.45) is 8.15. The fraction of sp³-hybridized carbons (Fsp3) is 0.351. The summed E-state index contributed by atoms with van der Waals surface area (Å²) in [5.41, 5.74) is 3.64. The zero-order valence-electron chi connectivity index (χ0n) is 29.9. The molecule has 0 saturated carbocycles. The van der Waals surface area contributed by atoms with E-state index in [-0.39, 0.29) is 24.4 Å². The molecule has 8 rings (SSSR count). The lowest BCUT2D eigenvalue weighted by Crippen LogP contribution is -2.46. The van der Waals surface area contributed by atoms with Gasteiger partial charge in [0.25, 0.3) is 0 Å². The van der Waals surface area contributed by atoms with Crippen LogP contribution in [0.5, 0.6) is 5.75 Å². The molecule has 2 saturated heterocycles. The molecule has 54 heavy (non-hydrogen) atoms. The first-order valence-electron chi connectivity index (χ1n) is 17.7. The molecule has 2 aliphatic heterocycles. The van der Waals surface area contributed by atoms with Gasteiger partial charge >= 0.3 is 5.69 Å². The van der Waals surface area contributed by atoms with E-state index in [2.05, 4.69) is 64.4 Å². The van der Waals surface area contributed by atoms with Crippen LogP contribution in [0.25, 0.3) is 5.69 Å². The van der Waals surface area contributed by atoms with Gasteiger partial charge in [0.2, 0.25) is 5.79 Å². The normalized spacial score (nSPS) is 19.0. The van der Waals surface area contributed by atoms with Gasteiger partial charge in [0.05, 0.1) is 23.4 Å². The Balaban J connectivity index is 0.000000833. The lowest BCUT2D eigenvalue weighted by atomic mass is 10.1. The molecule has 0 spiro atoms. The Morgan fingerprint density at radius 1 is 0.907 bits per heavy atom. The minimum absolute atomic E-state index is 0.0645. The number of rotatable bonds is 11. The SMILES string of the molecule is CCC(C)n1ncn(-c2ccc(N3CCN(c4ccc(OC[C@H]5CO[C@](Cn6cncn6)(c6ccc(Cl)cc6Cl)O5)cc4)CC3)cc2)c1=O.c1nc[nH]n1. The molecule has 15 nitrogen and oxygen atoms in total. The van der Waals surface area contributed by atoms with Crippen molar-refractivity contribution in [3.8, 4) is 11.4 Å². The summed E-state index contributed by atoms with van der Waals surface area (Å²) in [6, 6.07) is 21.6. The van der Waals surface area contributed by atoms with E-state index in [0.717, 1.165) is 55.4 Å². The third-order valence-electron chi connectivity index (χ3n) is 9.48. The van der Waals surface area contributed by atoms with Gasteiger partial charge in [-0.2, -0.15) is 15.3 Å². The van der Waals surface area contributed by atoms with E-state index in [9.17, 15) is 4.79 Å². The van der Waals surface area contributed by atoms with Crippen molar-refractivity contribution in [2.24, 2.45) is 0 Å². The number of hydrogen-bond donors (Lipinski definition) is 1. The van der Waals surface area contributed by atoms with Gasteiger partial charge in [0.1, 0.15) is 56.6 Å². The van der Waals surface area contributed by atoms with Crippen LogP contribution < -0.4 is 20.2 Å². The third kappa shape index (κ3) is 8.44. The second-order valence-corrected chi connectivity index (χ2v) is 13.8. The van der Waals surface area contributed by atoms with Crippen LogP contribution >= 0.6 is 23.2 Å². The summed E-state index contributed by atoms with van der Waals surface area (Å²) < 4.78 is 23.7. The fourth-order valence-electron chi connectivity index (χ4n) is 6.41. The molecular weight excluding hydrogens is 733 g/mol. The lowest BCUT2D eigenvalue weighted by Gasteiger charge is -2.37. The summed E-state index contributed by atoms with van der Waals surface area (Å²) in [4.78, 5) is 25.1. The molecule has 3 aromatic heterocycles. The van der Waals surface area contributed by atoms with Crippen LogP contribution in [0.1, 0.15) is 31.9 Å². The second-order valence-electron chi connectivity index (χ2n) is 13.0. The maximum Gasteiger partial charge on any atom is 0.350 e. The minimum Gasteiger partial charge on any atom is -0.491 e. The Morgan fingerprint density at radius 3 is 2.20 bits per heavy atom. The first kappa shape index (κ1) is 37.1. The Morgan fingerprint density at radius 2 is 1.61 bits per heavy atom. The Labute approximate surface area is 322 Å². The molecule has 3 atom stereocenters. The Kier molecular flexibility index (Phi) is 11.6. The number of hydrogen-bond acceptors (Lipinski definition) is 11. The average molecular weight is 775 g/mol. The molecule has 6 aromatic rings. The maximum absolute atomic E-state index is 12.8. The highest BCUT2D eigenvalue weighted by Gasteiger charge is 2.45. The number of H-pyrrole nitrogens is 1. The molecule has 2 fully saturated rings. The summed E-state index contributed by atoms with van der Waals surface area (Å²) >= 11 is 12.7. The van der Waals surface area contributed by atoms with Crippen LogP contribution in [0.4, 0.5) is 11.4 Å². The van der Waals surface area contributed by atoms with Crippen molar-refractivity contribution in [1.82, 2.24) is 44.3 Å². The van der Waals surface area contributed by atoms with E-state index in [1.54, 1.807) is 34.0 Å². The number of aromatic amines is 1. The van der Waals surface area contributed by atoms with E-state index in [1.165, 1.54) is 23.7 Å². The highest BCUT2D eigenvalue weighted by atomic mass is 35.5.